The molecule has 26 heavy (non-hydrogen) atoms. The number of hydrogen-bond donors (Lipinski definition) is 1. The van der Waals surface area contributed by atoms with Crippen LogP contribution in [0.25, 0.3) is 10.9 Å². The Balaban J connectivity index is 1.81. The average molecular weight is 363 g/mol. The van der Waals surface area contributed by atoms with Crippen LogP contribution < -0.4 is 0 Å². The molecule has 140 valence electrons. The standard InChI is InChI=1S/C18H22FN3O4/c1-18(2,3)26-17(25)21-5-4-14(10-21)22-9-12-7-13(19)6-11(8-15(23)24)16(12)20-22/h6-7,9,14H,4-5,8,10H2,1-3H3,(H,23,24). The summed E-state index contributed by atoms with van der Waals surface area (Å²) in [6, 6.07) is 2.48. The number of nitrogens with zero attached hydrogens (tertiary/aromatic N) is 3. The van der Waals surface area contributed by atoms with Gasteiger partial charge in [-0.1, -0.05) is 0 Å². The molecule has 1 aromatic heterocycles. The molecular weight excluding hydrogens is 341 g/mol. The number of hydrogen-bond acceptors (Lipinski definition) is 4. The van der Waals surface area contributed by atoms with Crippen molar-refractivity contribution >= 4 is 23.0 Å². The summed E-state index contributed by atoms with van der Waals surface area (Å²) in [6.45, 7) is 6.44. The van der Waals surface area contributed by atoms with Crippen molar-refractivity contribution in [2.75, 3.05) is 13.1 Å². The van der Waals surface area contributed by atoms with Crippen LogP contribution in [0.15, 0.2) is 18.3 Å². The Kier molecular flexibility index (Phi) is 4.60. The summed E-state index contributed by atoms with van der Waals surface area (Å²) >= 11 is 0. The fourth-order valence-electron chi connectivity index (χ4n) is 3.12. The first-order valence-corrected chi connectivity index (χ1v) is 8.49. The van der Waals surface area contributed by atoms with E-state index in [0.29, 0.717) is 36.0 Å². The molecule has 1 saturated heterocycles. The minimum Gasteiger partial charge on any atom is -0.481 e. The van der Waals surface area contributed by atoms with E-state index >= 15 is 0 Å². The van der Waals surface area contributed by atoms with E-state index in [1.165, 1.54) is 12.1 Å². The van der Waals surface area contributed by atoms with E-state index in [1.807, 2.05) is 20.8 Å². The number of amides is 1. The molecule has 0 saturated carbocycles. The first-order valence-electron chi connectivity index (χ1n) is 8.49. The Morgan fingerprint density at radius 2 is 2.12 bits per heavy atom. The average Bonchev–Trinajstić information content (AvgIpc) is 3.10. The van der Waals surface area contributed by atoms with Crippen molar-refractivity contribution in [2.24, 2.45) is 0 Å². The van der Waals surface area contributed by atoms with Crippen molar-refractivity contribution < 1.29 is 23.8 Å². The lowest BCUT2D eigenvalue weighted by Gasteiger charge is -2.24. The Bertz CT molecular complexity index is 856. The van der Waals surface area contributed by atoms with Gasteiger partial charge in [0.1, 0.15) is 11.4 Å². The lowest BCUT2D eigenvalue weighted by Crippen LogP contribution is -2.35. The maximum atomic E-state index is 13.8. The molecule has 0 spiro atoms. The van der Waals surface area contributed by atoms with Crippen LogP contribution in [-0.2, 0) is 16.0 Å². The molecule has 1 atom stereocenters. The zero-order chi connectivity index (χ0) is 19.1. The van der Waals surface area contributed by atoms with Crippen LogP contribution in [0.4, 0.5) is 9.18 Å². The Morgan fingerprint density at radius 1 is 1.38 bits per heavy atom. The van der Waals surface area contributed by atoms with Gasteiger partial charge >= 0.3 is 12.1 Å². The number of rotatable bonds is 3. The van der Waals surface area contributed by atoms with Gasteiger partial charge in [-0.25, -0.2) is 9.18 Å². The fourth-order valence-corrected chi connectivity index (χ4v) is 3.12. The molecule has 7 nitrogen and oxygen atoms in total. The van der Waals surface area contributed by atoms with Crippen molar-refractivity contribution in [1.82, 2.24) is 14.7 Å². The van der Waals surface area contributed by atoms with Gasteiger partial charge in [-0.15, -0.1) is 0 Å². The summed E-state index contributed by atoms with van der Waals surface area (Å²) in [4.78, 5) is 24.8. The van der Waals surface area contributed by atoms with Gasteiger partial charge < -0.3 is 14.7 Å². The number of aromatic nitrogens is 2. The number of carboxylic acids is 1. The van der Waals surface area contributed by atoms with Gasteiger partial charge in [-0.2, -0.15) is 5.10 Å². The Morgan fingerprint density at radius 3 is 2.77 bits per heavy atom. The number of fused-ring (bicyclic) bond motifs is 1. The van der Waals surface area contributed by atoms with Crippen molar-refractivity contribution in [3.8, 4) is 0 Å². The molecule has 1 unspecified atom stereocenters. The lowest BCUT2D eigenvalue weighted by molar-refractivity contribution is -0.136. The van der Waals surface area contributed by atoms with E-state index in [1.54, 1.807) is 15.8 Å². The molecule has 0 bridgehead atoms. The molecule has 1 aliphatic heterocycles. The normalized spacial score (nSPS) is 17.7. The number of benzene rings is 1. The molecule has 1 aromatic carbocycles. The van der Waals surface area contributed by atoms with Crippen LogP contribution in [-0.4, -0.2) is 50.5 Å². The molecule has 1 N–H and O–H groups in total. The highest BCUT2D eigenvalue weighted by atomic mass is 19.1. The van der Waals surface area contributed by atoms with E-state index in [0.717, 1.165) is 0 Å². The first-order chi connectivity index (χ1) is 12.1. The summed E-state index contributed by atoms with van der Waals surface area (Å²) in [7, 11) is 0. The predicted molar refractivity (Wildman–Crippen MR) is 92.5 cm³/mol. The second kappa shape index (κ2) is 6.59. The summed E-state index contributed by atoms with van der Waals surface area (Å²) in [6.07, 6.45) is 1.74. The molecule has 1 fully saturated rings. The SMILES string of the molecule is CC(C)(C)OC(=O)N1CCC(n2cc3cc(F)cc(CC(=O)O)c3n2)C1. The van der Waals surface area contributed by atoms with Crippen LogP contribution in [0, 0.1) is 5.82 Å². The highest BCUT2D eigenvalue weighted by Crippen LogP contribution is 2.27. The zero-order valence-electron chi connectivity index (χ0n) is 15.0. The molecule has 1 aliphatic rings. The van der Waals surface area contributed by atoms with E-state index in [2.05, 4.69) is 5.10 Å². The van der Waals surface area contributed by atoms with Crippen LogP contribution in [0.5, 0.6) is 0 Å². The van der Waals surface area contributed by atoms with Gasteiger partial charge in [-0.3, -0.25) is 9.48 Å². The number of carboxylic acid groups (broad SMARTS) is 1. The third kappa shape index (κ3) is 3.95. The maximum absolute atomic E-state index is 13.8. The molecule has 8 heteroatoms. The van der Waals surface area contributed by atoms with Gasteiger partial charge in [0.05, 0.1) is 18.0 Å². The van der Waals surface area contributed by atoms with Crippen LogP contribution in [0.1, 0.15) is 38.8 Å². The maximum Gasteiger partial charge on any atom is 0.410 e. The van der Waals surface area contributed by atoms with Gasteiger partial charge in [0.25, 0.3) is 0 Å². The fraction of sp³-hybridized carbons (Fsp3) is 0.500. The summed E-state index contributed by atoms with van der Waals surface area (Å²) in [5.74, 6) is -1.53. The Hall–Kier alpha value is -2.64. The quantitative estimate of drug-likeness (QED) is 0.906. The molecule has 0 radical (unpaired) electrons. The first kappa shape index (κ1) is 18.2. The van der Waals surface area contributed by atoms with Crippen LogP contribution in [0.2, 0.25) is 0 Å². The monoisotopic (exact) mass is 363 g/mol. The Labute approximate surface area is 150 Å². The molecule has 2 aromatic rings. The van der Waals surface area contributed by atoms with E-state index in [4.69, 9.17) is 9.84 Å². The summed E-state index contributed by atoms with van der Waals surface area (Å²) < 4.78 is 20.8. The number of carbonyl (C=O) groups excluding carboxylic acids is 1. The van der Waals surface area contributed by atoms with Gasteiger partial charge in [-0.05, 0) is 44.9 Å². The third-order valence-corrected chi connectivity index (χ3v) is 4.20. The number of carbonyl (C=O) groups is 2. The highest BCUT2D eigenvalue weighted by molar-refractivity contribution is 5.85. The number of ether oxygens (including phenoxy) is 1. The van der Waals surface area contributed by atoms with Gasteiger partial charge in [0, 0.05) is 24.7 Å². The van der Waals surface area contributed by atoms with Crippen molar-refractivity contribution in [2.45, 2.75) is 45.3 Å². The van der Waals surface area contributed by atoms with E-state index < -0.39 is 17.4 Å². The van der Waals surface area contributed by atoms with Gasteiger partial charge in [0.2, 0.25) is 0 Å². The van der Waals surface area contributed by atoms with E-state index in [9.17, 15) is 14.0 Å². The summed E-state index contributed by atoms with van der Waals surface area (Å²) in [5, 5.41) is 14.0. The summed E-state index contributed by atoms with van der Waals surface area (Å²) in [5.41, 5.74) is 0.261. The highest BCUT2D eigenvalue weighted by Gasteiger charge is 2.31. The second-order valence-corrected chi connectivity index (χ2v) is 7.55. The topological polar surface area (TPSA) is 84.7 Å². The number of likely N-dealkylation sites (tertiary alicyclic amines) is 1. The minimum atomic E-state index is -1.04. The molecular formula is C18H22FN3O4. The van der Waals surface area contributed by atoms with Crippen LogP contribution in [0.3, 0.4) is 0 Å². The number of halogens is 1. The minimum absolute atomic E-state index is 0.0596. The number of aliphatic carboxylic acids is 1. The van der Waals surface area contributed by atoms with Gasteiger partial charge in [0.15, 0.2) is 0 Å². The second-order valence-electron chi connectivity index (χ2n) is 7.55. The largest absolute Gasteiger partial charge is 0.481 e. The third-order valence-electron chi connectivity index (χ3n) is 4.20. The predicted octanol–water partition coefficient (Wildman–Crippen LogP) is 2.98. The van der Waals surface area contributed by atoms with Crippen molar-refractivity contribution in [3.05, 3.63) is 29.7 Å². The molecule has 3 rings (SSSR count). The van der Waals surface area contributed by atoms with E-state index in [-0.39, 0.29) is 18.6 Å². The van der Waals surface area contributed by atoms with Crippen LogP contribution >= 0.6 is 0 Å². The smallest absolute Gasteiger partial charge is 0.410 e. The zero-order valence-corrected chi connectivity index (χ0v) is 15.0. The van der Waals surface area contributed by atoms with Crippen molar-refractivity contribution in [3.63, 3.8) is 0 Å². The molecule has 2 heterocycles. The molecule has 0 aliphatic carbocycles. The molecule has 1 amide bonds. The lowest BCUT2D eigenvalue weighted by atomic mass is 10.1. The van der Waals surface area contributed by atoms with Crippen molar-refractivity contribution in [1.29, 1.82) is 0 Å².